The Morgan fingerprint density at radius 2 is 2.07 bits per heavy atom. The van der Waals surface area contributed by atoms with E-state index in [1.54, 1.807) is 18.2 Å². The number of ether oxygens (including phenoxy) is 1. The topological polar surface area (TPSA) is 123 Å². The summed E-state index contributed by atoms with van der Waals surface area (Å²) in [6.07, 6.45) is 3.38. The van der Waals surface area contributed by atoms with Gasteiger partial charge in [0.05, 0.1) is 25.5 Å². The Hall–Kier alpha value is -3.56. The molecule has 160 valence electrons. The number of anilines is 1. The number of aliphatic carboxylic acids is 1. The number of hydrogen-bond donors (Lipinski definition) is 3. The summed E-state index contributed by atoms with van der Waals surface area (Å²) in [5, 5.41) is 11.4. The number of aliphatic imine (C=N–C) groups is 1. The van der Waals surface area contributed by atoms with Crippen molar-refractivity contribution < 1.29 is 23.4 Å². The minimum atomic E-state index is -0.881. The number of carbonyl (C=O) groups is 1. The second kappa shape index (κ2) is 11.4. The van der Waals surface area contributed by atoms with Crippen LogP contribution in [0.25, 0.3) is 5.70 Å². The number of benzene rings is 1. The zero-order valence-corrected chi connectivity index (χ0v) is 16.4. The fourth-order valence-electron chi connectivity index (χ4n) is 2.39. The third-order valence-electron chi connectivity index (χ3n) is 3.96. The van der Waals surface area contributed by atoms with Gasteiger partial charge in [0, 0.05) is 24.6 Å². The molecule has 10 heteroatoms. The molecule has 1 aromatic heterocycles. The normalized spacial score (nSPS) is 12.0. The Labute approximate surface area is 172 Å². The predicted molar refractivity (Wildman–Crippen MR) is 109 cm³/mol. The molecular formula is C20H23F2N5O3. The van der Waals surface area contributed by atoms with E-state index in [0.717, 1.165) is 6.20 Å². The molecule has 2 rings (SSSR count). The average Bonchev–Trinajstić information content (AvgIpc) is 2.72. The summed E-state index contributed by atoms with van der Waals surface area (Å²) in [7, 11) is 1.39. The van der Waals surface area contributed by atoms with Crippen LogP contribution in [-0.2, 0) is 16.1 Å². The zero-order chi connectivity index (χ0) is 21.9. The van der Waals surface area contributed by atoms with Gasteiger partial charge in [0.1, 0.15) is 5.82 Å². The number of carboxylic acids is 1. The van der Waals surface area contributed by atoms with Crippen molar-refractivity contribution in [1.82, 2.24) is 9.97 Å². The Kier molecular flexibility index (Phi) is 8.67. The minimum absolute atomic E-state index is 0.0425. The number of nitrogens with two attached hydrogens (primary N) is 1. The van der Waals surface area contributed by atoms with Gasteiger partial charge in [0.2, 0.25) is 5.90 Å². The molecule has 0 unspecified atom stereocenters. The fourth-order valence-corrected chi connectivity index (χ4v) is 2.39. The third-order valence-corrected chi connectivity index (χ3v) is 3.96. The molecule has 0 aliphatic rings. The van der Waals surface area contributed by atoms with Gasteiger partial charge in [0.15, 0.2) is 17.5 Å². The Bertz CT molecular complexity index is 934. The van der Waals surface area contributed by atoms with Crippen molar-refractivity contribution in [2.75, 3.05) is 19.0 Å². The number of halogens is 2. The van der Waals surface area contributed by atoms with Crippen LogP contribution < -0.4 is 11.1 Å². The highest BCUT2D eigenvalue weighted by Gasteiger charge is 2.10. The van der Waals surface area contributed by atoms with Gasteiger partial charge >= 0.3 is 5.97 Å². The largest absolute Gasteiger partial charge is 0.481 e. The van der Waals surface area contributed by atoms with Gasteiger partial charge in [-0.1, -0.05) is 18.2 Å². The van der Waals surface area contributed by atoms with Crippen LogP contribution in [-0.4, -0.2) is 40.6 Å². The van der Waals surface area contributed by atoms with E-state index in [1.807, 2.05) is 0 Å². The minimum Gasteiger partial charge on any atom is -0.481 e. The highest BCUT2D eigenvalue weighted by atomic mass is 19.1. The van der Waals surface area contributed by atoms with E-state index in [-0.39, 0.29) is 42.0 Å². The van der Waals surface area contributed by atoms with Crippen molar-refractivity contribution >= 4 is 23.4 Å². The lowest BCUT2D eigenvalue weighted by Crippen LogP contribution is -2.12. The third kappa shape index (κ3) is 7.12. The number of carboxylic acid groups (broad SMARTS) is 1. The summed E-state index contributed by atoms with van der Waals surface area (Å²) in [5.74, 6) is -1.78. The molecule has 0 radical (unpaired) electrons. The number of aromatic nitrogens is 2. The monoisotopic (exact) mass is 419 g/mol. The Morgan fingerprint density at radius 1 is 1.30 bits per heavy atom. The molecule has 0 spiro atoms. The van der Waals surface area contributed by atoms with E-state index in [2.05, 4.69) is 20.3 Å². The molecule has 0 saturated carbocycles. The van der Waals surface area contributed by atoms with E-state index in [1.165, 1.54) is 19.3 Å². The van der Waals surface area contributed by atoms with Crippen molar-refractivity contribution in [1.29, 1.82) is 0 Å². The molecule has 2 aromatic rings. The molecule has 0 aliphatic heterocycles. The summed E-state index contributed by atoms with van der Waals surface area (Å²) in [5.41, 5.74) is 6.46. The number of hydrogen-bond acceptors (Lipinski definition) is 7. The molecule has 4 N–H and O–H groups in total. The number of nitrogens with zero attached hydrogens (tertiary/aromatic N) is 3. The summed E-state index contributed by atoms with van der Waals surface area (Å²) in [6, 6.07) is 6.23. The van der Waals surface area contributed by atoms with Gasteiger partial charge in [-0.25, -0.2) is 23.7 Å². The summed E-state index contributed by atoms with van der Waals surface area (Å²) in [6.45, 7) is 0.394. The van der Waals surface area contributed by atoms with E-state index < -0.39 is 11.8 Å². The zero-order valence-electron chi connectivity index (χ0n) is 16.4. The second-order valence-corrected chi connectivity index (χ2v) is 6.22. The maximum Gasteiger partial charge on any atom is 0.303 e. The molecule has 1 heterocycles. The van der Waals surface area contributed by atoms with E-state index in [9.17, 15) is 13.6 Å². The maximum absolute atomic E-state index is 13.9. The SMILES string of the molecule is COC(C=C(N)c1ncc(F)c(NCCCCC(=O)O)n1)=NCc1ccccc1F. The van der Waals surface area contributed by atoms with Crippen LogP contribution in [0.3, 0.4) is 0 Å². The van der Waals surface area contributed by atoms with Crippen molar-refractivity contribution in [3.05, 3.63) is 59.6 Å². The average molecular weight is 419 g/mol. The van der Waals surface area contributed by atoms with Crippen molar-refractivity contribution in [3.8, 4) is 0 Å². The first kappa shape index (κ1) is 22.7. The molecule has 30 heavy (non-hydrogen) atoms. The van der Waals surface area contributed by atoms with Gasteiger partial charge < -0.3 is 20.9 Å². The van der Waals surface area contributed by atoms with Gasteiger partial charge in [-0.15, -0.1) is 0 Å². The van der Waals surface area contributed by atoms with Crippen molar-refractivity contribution in [2.45, 2.75) is 25.8 Å². The first-order valence-electron chi connectivity index (χ1n) is 9.18. The molecule has 0 fully saturated rings. The van der Waals surface area contributed by atoms with Crippen LogP contribution in [0.2, 0.25) is 0 Å². The van der Waals surface area contributed by atoms with E-state index >= 15 is 0 Å². The molecule has 0 aliphatic carbocycles. The summed E-state index contributed by atoms with van der Waals surface area (Å²) >= 11 is 0. The van der Waals surface area contributed by atoms with Gasteiger partial charge in [0.25, 0.3) is 0 Å². The Morgan fingerprint density at radius 3 is 2.77 bits per heavy atom. The van der Waals surface area contributed by atoms with Gasteiger partial charge in [-0.2, -0.15) is 0 Å². The first-order chi connectivity index (χ1) is 14.4. The van der Waals surface area contributed by atoms with Crippen LogP contribution in [0.15, 0.2) is 41.5 Å². The van der Waals surface area contributed by atoms with Gasteiger partial charge in [-0.3, -0.25) is 4.79 Å². The fraction of sp³-hybridized carbons (Fsp3) is 0.300. The number of rotatable bonds is 10. The quantitative estimate of drug-likeness (QED) is 0.307. The van der Waals surface area contributed by atoms with Crippen molar-refractivity contribution in [3.63, 3.8) is 0 Å². The second-order valence-electron chi connectivity index (χ2n) is 6.22. The summed E-state index contributed by atoms with van der Waals surface area (Å²) in [4.78, 5) is 22.6. The van der Waals surface area contributed by atoms with Crippen LogP contribution in [0.4, 0.5) is 14.6 Å². The van der Waals surface area contributed by atoms with Crippen LogP contribution in [0, 0.1) is 11.6 Å². The van der Waals surface area contributed by atoms with E-state index in [0.29, 0.717) is 24.9 Å². The van der Waals surface area contributed by atoms with E-state index in [4.69, 9.17) is 15.6 Å². The lowest BCUT2D eigenvalue weighted by atomic mass is 10.2. The van der Waals surface area contributed by atoms with Gasteiger partial charge in [-0.05, 0) is 18.9 Å². The molecule has 1 aromatic carbocycles. The Balaban J connectivity index is 2.07. The smallest absolute Gasteiger partial charge is 0.303 e. The van der Waals surface area contributed by atoms with Crippen molar-refractivity contribution in [2.24, 2.45) is 10.7 Å². The number of methoxy groups -OCH3 is 1. The molecule has 0 bridgehead atoms. The lowest BCUT2D eigenvalue weighted by molar-refractivity contribution is -0.137. The number of unbranched alkanes of at least 4 members (excludes halogenated alkanes) is 1. The molecule has 0 amide bonds. The first-order valence-corrected chi connectivity index (χ1v) is 9.18. The lowest BCUT2D eigenvalue weighted by Gasteiger charge is -2.08. The predicted octanol–water partition coefficient (Wildman–Crippen LogP) is 2.97. The van der Waals surface area contributed by atoms with Crippen LogP contribution in [0.5, 0.6) is 0 Å². The maximum atomic E-state index is 13.9. The molecule has 0 atom stereocenters. The standard InChI is InChI=1S/C20H23F2N5O3/c1-30-17(25-11-13-6-2-3-7-14(13)21)10-16(23)20-26-12-15(22)19(27-20)24-9-5-4-8-18(28)29/h2-3,6-7,10,12H,4-5,8-9,11,23H2,1H3,(H,28,29)(H,24,26,27). The highest BCUT2D eigenvalue weighted by Crippen LogP contribution is 2.13. The van der Waals surface area contributed by atoms with Crippen LogP contribution >= 0.6 is 0 Å². The molecule has 8 nitrogen and oxygen atoms in total. The highest BCUT2D eigenvalue weighted by molar-refractivity contribution is 5.94. The van der Waals surface area contributed by atoms with Crippen LogP contribution in [0.1, 0.15) is 30.7 Å². The number of nitrogens with one attached hydrogen (secondary N) is 1. The summed E-state index contributed by atoms with van der Waals surface area (Å²) < 4.78 is 32.8. The molecular weight excluding hydrogens is 396 g/mol. The molecule has 0 saturated heterocycles.